The topological polar surface area (TPSA) is 49.4 Å². The fourth-order valence-electron chi connectivity index (χ4n) is 2.08. The van der Waals surface area contributed by atoms with Crippen LogP contribution >= 0.6 is 0 Å². The van der Waals surface area contributed by atoms with Crippen LogP contribution in [0.4, 0.5) is 13.2 Å². The number of rotatable bonds is 3. The molecule has 0 aliphatic carbocycles. The van der Waals surface area contributed by atoms with Crippen LogP contribution < -0.4 is 5.32 Å². The SMILES string of the molecule is O=C1CN(Cc2ccccc2)C(=O)C(CC(F)(F)F)N1. The molecule has 0 radical (unpaired) electrons. The van der Waals surface area contributed by atoms with E-state index in [0.29, 0.717) is 0 Å². The van der Waals surface area contributed by atoms with Gasteiger partial charge in [0.25, 0.3) is 0 Å². The van der Waals surface area contributed by atoms with Crippen molar-refractivity contribution in [2.24, 2.45) is 0 Å². The van der Waals surface area contributed by atoms with E-state index in [0.717, 1.165) is 10.5 Å². The van der Waals surface area contributed by atoms with Gasteiger partial charge in [-0.05, 0) is 5.56 Å². The van der Waals surface area contributed by atoms with Gasteiger partial charge in [-0.2, -0.15) is 13.2 Å². The second kappa shape index (κ2) is 5.52. The molecule has 1 aliphatic heterocycles. The Morgan fingerprint density at radius 3 is 2.45 bits per heavy atom. The molecule has 1 aliphatic rings. The highest BCUT2D eigenvalue weighted by Crippen LogP contribution is 2.24. The van der Waals surface area contributed by atoms with Crippen molar-refractivity contribution in [3.63, 3.8) is 0 Å². The summed E-state index contributed by atoms with van der Waals surface area (Å²) in [5, 5.41) is 2.09. The molecule has 1 saturated heterocycles. The van der Waals surface area contributed by atoms with Crippen molar-refractivity contribution in [1.82, 2.24) is 10.2 Å². The first kappa shape index (κ1) is 14.4. The van der Waals surface area contributed by atoms with Crippen LogP contribution in [0.15, 0.2) is 30.3 Å². The molecule has 2 amide bonds. The third-order valence-electron chi connectivity index (χ3n) is 2.93. The normalized spacial score (nSPS) is 19.9. The Kier molecular flexibility index (Phi) is 3.96. The van der Waals surface area contributed by atoms with E-state index in [1.54, 1.807) is 30.3 Å². The molecular weight excluding hydrogens is 273 g/mol. The van der Waals surface area contributed by atoms with Gasteiger partial charge in [0.15, 0.2) is 0 Å². The third-order valence-corrected chi connectivity index (χ3v) is 2.93. The maximum absolute atomic E-state index is 12.4. The first-order valence-electron chi connectivity index (χ1n) is 6.04. The van der Waals surface area contributed by atoms with Crippen LogP contribution in [-0.4, -0.2) is 35.5 Å². The predicted molar refractivity (Wildman–Crippen MR) is 64.5 cm³/mol. The summed E-state index contributed by atoms with van der Waals surface area (Å²) in [5.41, 5.74) is 0.765. The average molecular weight is 286 g/mol. The van der Waals surface area contributed by atoms with Crippen LogP contribution in [0.1, 0.15) is 12.0 Å². The van der Waals surface area contributed by atoms with E-state index in [1.807, 2.05) is 0 Å². The molecule has 1 aromatic carbocycles. The number of nitrogens with one attached hydrogen (secondary N) is 1. The highest BCUT2D eigenvalue weighted by atomic mass is 19.4. The van der Waals surface area contributed by atoms with E-state index in [2.05, 4.69) is 5.32 Å². The maximum Gasteiger partial charge on any atom is 0.391 e. The van der Waals surface area contributed by atoms with Gasteiger partial charge in [-0.1, -0.05) is 30.3 Å². The maximum atomic E-state index is 12.4. The lowest BCUT2D eigenvalue weighted by Crippen LogP contribution is -2.58. The summed E-state index contributed by atoms with van der Waals surface area (Å²) in [4.78, 5) is 24.5. The number of benzene rings is 1. The summed E-state index contributed by atoms with van der Waals surface area (Å²) in [6, 6.07) is 7.28. The summed E-state index contributed by atoms with van der Waals surface area (Å²) in [6.07, 6.45) is -5.84. The van der Waals surface area contributed by atoms with Gasteiger partial charge in [-0.25, -0.2) is 0 Å². The van der Waals surface area contributed by atoms with Crippen molar-refractivity contribution < 1.29 is 22.8 Å². The van der Waals surface area contributed by atoms with Crippen LogP contribution in [0.25, 0.3) is 0 Å². The minimum Gasteiger partial charge on any atom is -0.342 e. The standard InChI is InChI=1S/C13H13F3N2O2/c14-13(15,16)6-10-12(20)18(8-11(19)17-10)7-9-4-2-1-3-5-9/h1-5,10H,6-8H2,(H,17,19). The molecule has 1 aromatic rings. The van der Waals surface area contributed by atoms with Crippen LogP contribution in [-0.2, 0) is 16.1 Å². The Morgan fingerprint density at radius 1 is 1.20 bits per heavy atom. The lowest BCUT2D eigenvalue weighted by molar-refractivity contribution is -0.161. The molecule has 0 aromatic heterocycles. The van der Waals surface area contributed by atoms with Crippen molar-refractivity contribution in [1.29, 1.82) is 0 Å². The number of amides is 2. The molecule has 0 saturated carbocycles. The smallest absolute Gasteiger partial charge is 0.342 e. The summed E-state index contributed by atoms with van der Waals surface area (Å²) in [6.45, 7) is -0.0937. The number of nitrogens with zero attached hydrogens (tertiary/aromatic N) is 1. The molecule has 108 valence electrons. The number of piperazine rings is 1. The molecule has 1 N–H and O–H groups in total. The van der Waals surface area contributed by atoms with E-state index in [1.165, 1.54) is 0 Å². The van der Waals surface area contributed by atoms with Crippen LogP contribution in [0.5, 0.6) is 0 Å². The number of halogens is 3. The zero-order valence-electron chi connectivity index (χ0n) is 10.5. The molecule has 4 nitrogen and oxygen atoms in total. The van der Waals surface area contributed by atoms with Gasteiger partial charge in [0.05, 0.1) is 13.0 Å². The van der Waals surface area contributed by atoms with Gasteiger partial charge in [-0.15, -0.1) is 0 Å². The van der Waals surface area contributed by atoms with Crippen molar-refractivity contribution in [2.75, 3.05) is 6.54 Å². The molecule has 1 unspecified atom stereocenters. The molecule has 0 bridgehead atoms. The third kappa shape index (κ3) is 3.72. The molecule has 1 heterocycles. The minimum atomic E-state index is -4.50. The zero-order chi connectivity index (χ0) is 14.8. The number of carbonyl (C=O) groups excluding carboxylic acids is 2. The van der Waals surface area contributed by atoms with E-state index < -0.39 is 30.5 Å². The summed E-state index contributed by atoms with van der Waals surface area (Å²) < 4.78 is 37.1. The molecule has 1 fully saturated rings. The van der Waals surface area contributed by atoms with Gasteiger partial charge in [0.2, 0.25) is 11.8 Å². The molecule has 20 heavy (non-hydrogen) atoms. The monoisotopic (exact) mass is 286 g/mol. The molecule has 0 spiro atoms. The Labute approximate surface area is 113 Å². The number of carbonyl (C=O) groups is 2. The van der Waals surface area contributed by atoms with Gasteiger partial charge >= 0.3 is 6.18 Å². The largest absolute Gasteiger partial charge is 0.391 e. The summed E-state index contributed by atoms with van der Waals surface area (Å²) in [7, 11) is 0. The minimum absolute atomic E-state index is 0.126. The Hall–Kier alpha value is -2.05. The summed E-state index contributed by atoms with van der Waals surface area (Å²) >= 11 is 0. The van der Waals surface area contributed by atoms with Gasteiger partial charge in [0.1, 0.15) is 6.04 Å². The number of alkyl halides is 3. The number of hydrogen-bond donors (Lipinski definition) is 1. The lowest BCUT2D eigenvalue weighted by atomic mass is 10.1. The highest BCUT2D eigenvalue weighted by Gasteiger charge is 2.40. The fourth-order valence-corrected chi connectivity index (χ4v) is 2.08. The molecule has 1 atom stereocenters. The zero-order valence-corrected chi connectivity index (χ0v) is 10.5. The van der Waals surface area contributed by atoms with Crippen molar-refractivity contribution in [3.05, 3.63) is 35.9 Å². The first-order valence-corrected chi connectivity index (χ1v) is 6.04. The second-order valence-electron chi connectivity index (χ2n) is 4.62. The quantitative estimate of drug-likeness (QED) is 0.914. The Bertz CT molecular complexity index is 502. The highest BCUT2D eigenvalue weighted by molar-refractivity contribution is 5.94. The Balaban J connectivity index is 2.09. The molecular formula is C13H13F3N2O2. The van der Waals surface area contributed by atoms with Gasteiger partial charge in [-0.3, -0.25) is 9.59 Å². The van der Waals surface area contributed by atoms with E-state index >= 15 is 0 Å². The Morgan fingerprint density at radius 2 is 1.85 bits per heavy atom. The van der Waals surface area contributed by atoms with E-state index in [9.17, 15) is 22.8 Å². The van der Waals surface area contributed by atoms with Crippen molar-refractivity contribution in [3.8, 4) is 0 Å². The lowest BCUT2D eigenvalue weighted by Gasteiger charge is -2.32. The molecule has 2 rings (SSSR count). The predicted octanol–water partition coefficient (Wildman–Crippen LogP) is 1.47. The van der Waals surface area contributed by atoms with Gasteiger partial charge in [0, 0.05) is 6.54 Å². The van der Waals surface area contributed by atoms with Crippen LogP contribution in [0.2, 0.25) is 0 Å². The number of hydrogen-bond acceptors (Lipinski definition) is 2. The average Bonchev–Trinajstić information content (AvgIpc) is 2.34. The van der Waals surface area contributed by atoms with Crippen LogP contribution in [0, 0.1) is 0 Å². The van der Waals surface area contributed by atoms with Crippen LogP contribution in [0.3, 0.4) is 0 Å². The van der Waals surface area contributed by atoms with E-state index in [4.69, 9.17) is 0 Å². The second-order valence-corrected chi connectivity index (χ2v) is 4.62. The molecule has 7 heteroatoms. The van der Waals surface area contributed by atoms with Crippen molar-refractivity contribution in [2.45, 2.75) is 25.2 Å². The first-order chi connectivity index (χ1) is 9.35. The fraction of sp³-hybridized carbons (Fsp3) is 0.385. The van der Waals surface area contributed by atoms with Crippen molar-refractivity contribution >= 4 is 11.8 Å². The van der Waals surface area contributed by atoms with E-state index in [-0.39, 0.29) is 13.1 Å². The van der Waals surface area contributed by atoms with Gasteiger partial charge < -0.3 is 10.2 Å². The summed E-state index contributed by atoms with van der Waals surface area (Å²) in [5.74, 6) is -1.28.